The lowest BCUT2D eigenvalue weighted by atomic mass is 10.3. The Morgan fingerprint density at radius 2 is 2.16 bits per heavy atom. The first-order chi connectivity index (χ1) is 12.1. The van der Waals surface area contributed by atoms with Crippen molar-refractivity contribution in [2.45, 2.75) is 6.92 Å². The molecular formula is C16H11FN6OS. The maximum absolute atomic E-state index is 13.4. The molecule has 4 aromatic rings. The van der Waals surface area contributed by atoms with Crippen molar-refractivity contribution >= 4 is 33.3 Å². The van der Waals surface area contributed by atoms with Crippen molar-refractivity contribution < 1.29 is 9.18 Å². The van der Waals surface area contributed by atoms with E-state index >= 15 is 0 Å². The zero-order chi connectivity index (χ0) is 17.4. The third-order valence-electron chi connectivity index (χ3n) is 3.39. The number of halogens is 1. The van der Waals surface area contributed by atoms with Gasteiger partial charge in [0.1, 0.15) is 17.3 Å². The van der Waals surface area contributed by atoms with E-state index < -0.39 is 5.91 Å². The highest BCUT2D eigenvalue weighted by molar-refractivity contribution is 7.20. The van der Waals surface area contributed by atoms with Crippen molar-refractivity contribution in [3.05, 3.63) is 60.1 Å². The van der Waals surface area contributed by atoms with Crippen LogP contribution in [0.25, 0.3) is 15.3 Å². The predicted octanol–water partition coefficient (Wildman–Crippen LogP) is 2.97. The molecule has 1 amide bonds. The Bertz CT molecular complexity index is 1070. The number of carbonyl (C=O) groups is 1. The molecule has 0 saturated carbocycles. The smallest absolute Gasteiger partial charge is 0.277 e. The first-order valence-corrected chi connectivity index (χ1v) is 8.12. The first kappa shape index (κ1) is 15.3. The van der Waals surface area contributed by atoms with E-state index in [9.17, 15) is 9.18 Å². The predicted molar refractivity (Wildman–Crippen MR) is 91.4 cm³/mol. The summed E-state index contributed by atoms with van der Waals surface area (Å²) in [6.45, 7) is 1.81. The molecule has 1 N–H and O–H groups in total. The number of anilines is 1. The minimum atomic E-state index is -0.401. The van der Waals surface area contributed by atoms with Crippen LogP contribution in [0.15, 0.2) is 42.9 Å². The highest BCUT2D eigenvalue weighted by atomic mass is 32.1. The van der Waals surface area contributed by atoms with Crippen LogP contribution in [0, 0.1) is 12.7 Å². The van der Waals surface area contributed by atoms with Gasteiger partial charge in [-0.1, -0.05) is 11.3 Å². The summed E-state index contributed by atoms with van der Waals surface area (Å²) in [6.07, 6.45) is 4.31. The average Bonchev–Trinajstić information content (AvgIpc) is 3.18. The molecule has 124 valence electrons. The summed E-state index contributed by atoms with van der Waals surface area (Å²) >= 11 is 1.29. The fourth-order valence-electron chi connectivity index (χ4n) is 2.31. The molecule has 0 saturated heterocycles. The van der Waals surface area contributed by atoms with Crippen LogP contribution in [-0.2, 0) is 0 Å². The molecule has 0 radical (unpaired) electrons. The van der Waals surface area contributed by atoms with Gasteiger partial charge in [-0.2, -0.15) is 9.78 Å². The molecule has 4 rings (SSSR count). The minimum Gasteiger partial charge on any atom is -0.305 e. The number of fused-ring (bicyclic) bond motifs is 1. The van der Waals surface area contributed by atoms with E-state index in [1.807, 2.05) is 6.92 Å². The highest BCUT2D eigenvalue weighted by Crippen LogP contribution is 2.27. The van der Waals surface area contributed by atoms with Crippen molar-refractivity contribution in [2.24, 2.45) is 0 Å². The first-order valence-electron chi connectivity index (χ1n) is 7.30. The van der Waals surface area contributed by atoms with Crippen molar-refractivity contribution in [1.29, 1.82) is 0 Å². The van der Waals surface area contributed by atoms with Crippen LogP contribution in [-0.4, -0.2) is 30.6 Å². The van der Waals surface area contributed by atoms with Gasteiger partial charge in [0.2, 0.25) is 5.13 Å². The third kappa shape index (κ3) is 2.96. The molecule has 0 aliphatic rings. The normalized spacial score (nSPS) is 11.0. The quantitative estimate of drug-likeness (QED) is 0.611. The minimum absolute atomic E-state index is 0.194. The Balaban J connectivity index is 1.72. The largest absolute Gasteiger partial charge is 0.305 e. The maximum Gasteiger partial charge on any atom is 0.277 e. The second kappa shape index (κ2) is 6.02. The van der Waals surface area contributed by atoms with Gasteiger partial charge in [0.05, 0.1) is 22.1 Å². The molecule has 0 spiro atoms. The summed E-state index contributed by atoms with van der Waals surface area (Å²) in [7, 11) is 0. The molecule has 9 heteroatoms. The van der Waals surface area contributed by atoms with Crippen LogP contribution < -0.4 is 5.32 Å². The van der Waals surface area contributed by atoms with Gasteiger partial charge in [0, 0.05) is 18.5 Å². The number of hydrogen-bond acceptors (Lipinski definition) is 6. The van der Waals surface area contributed by atoms with E-state index in [-0.39, 0.29) is 11.5 Å². The molecule has 25 heavy (non-hydrogen) atoms. The number of rotatable bonds is 3. The Hall–Kier alpha value is -3.20. The number of carbonyl (C=O) groups excluding carboxylic acids is 1. The second-order valence-corrected chi connectivity index (χ2v) is 6.25. The third-order valence-corrected chi connectivity index (χ3v) is 4.38. The van der Waals surface area contributed by atoms with Gasteiger partial charge in [-0.15, -0.1) is 0 Å². The Kier molecular flexibility index (Phi) is 3.69. The van der Waals surface area contributed by atoms with Crippen LogP contribution >= 0.6 is 11.3 Å². The topological polar surface area (TPSA) is 85.6 Å². The van der Waals surface area contributed by atoms with Crippen molar-refractivity contribution in [3.8, 4) is 5.13 Å². The SMILES string of the molecule is Cc1cc(NC(=O)c2cnccn2)n(-c2nc3ccc(F)cc3s2)n1. The molecule has 7 nitrogen and oxygen atoms in total. The zero-order valence-corrected chi connectivity index (χ0v) is 13.8. The molecule has 0 fully saturated rings. The van der Waals surface area contributed by atoms with Crippen molar-refractivity contribution in [3.63, 3.8) is 0 Å². The highest BCUT2D eigenvalue weighted by Gasteiger charge is 2.16. The van der Waals surface area contributed by atoms with Crippen LogP contribution in [0.3, 0.4) is 0 Å². The lowest BCUT2D eigenvalue weighted by molar-refractivity contribution is 0.102. The molecule has 3 aromatic heterocycles. The van der Waals surface area contributed by atoms with Gasteiger partial charge in [0.25, 0.3) is 5.91 Å². The fraction of sp³-hybridized carbons (Fsp3) is 0.0625. The molecule has 0 aliphatic heterocycles. The van der Waals surface area contributed by atoms with Gasteiger partial charge < -0.3 is 5.32 Å². The summed E-state index contributed by atoms with van der Waals surface area (Å²) in [6, 6.07) is 6.11. The van der Waals surface area contributed by atoms with Gasteiger partial charge in [-0.05, 0) is 25.1 Å². The number of aromatic nitrogens is 5. The number of nitrogens with one attached hydrogen (secondary N) is 1. The van der Waals surface area contributed by atoms with E-state index in [4.69, 9.17) is 0 Å². The van der Waals surface area contributed by atoms with Crippen LogP contribution in [0.5, 0.6) is 0 Å². The number of aryl methyl sites for hydroxylation is 1. The summed E-state index contributed by atoms with van der Waals surface area (Å²) in [5.41, 5.74) is 1.57. The fourth-order valence-corrected chi connectivity index (χ4v) is 3.26. The molecule has 0 unspecified atom stereocenters. The molecule has 0 aliphatic carbocycles. The lowest BCUT2D eigenvalue weighted by Crippen LogP contribution is -2.16. The average molecular weight is 354 g/mol. The van der Waals surface area contributed by atoms with E-state index in [1.54, 1.807) is 12.1 Å². The number of benzene rings is 1. The number of nitrogens with zero attached hydrogens (tertiary/aromatic N) is 5. The summed E-state index contributed by atoms with van der Waals surface area (Å²) in [5, 5.41) is 7.65. The number of hydrogen-bond donors (Lipinski definition) is 1. The summed E-state index contributed by atoms with van der Waals surface area (Å²) in [4.78, 5) is 24.6. The lowest BCUT2D eigenvalue weighted by Gasteiger charge is -2.05. The monoisotopic (exact) mass is 354 g/mol. The van der Waals surface area contributed by atoms with Gasteiger partial charge in [0.15, 0.2) is 0 Å². The molecule has 3 heterocycles. The summed E-state index contributed by atoms with van der Waals surface area (Å²) < 4.78 is 15.6. The zero-order valence-electron chi connectivity index (χ0n) is 13.0. The molecule has 0 atom stereocenters. The van der Waals surface area contributed by atoms with Gasteiger partial charge in [-0.25, -0.2) is 14.4 Å². The van der Waals surface area contributed by atoms with Gasteiger partial charge >= 0.3 is 0 Å². The molecular weight excluding hydrogens is 343 g/mol. The van der Waals surface area contributed by atoms with E-state index in [0.717, 1.165) is 0 Å². The molecule has 1 aromatic carbocycles. The Morgan fingerprint density at radius 3 is 2.96 bits per heavy atom. The molecule has 0 bridgehead atoms. The van der Waals surface area contributed by atoms with E-state index in [0.29, 0.717) is 26.9 Å². The summed E-state index contributed by atoms with van der Waals surface area (Å²) in [5.74, 6) is -0.274. The van der Waals surface area contributed by atoms with E-state index in [1.165, 1.54) is 46.7 Å². The van der Waals surface area contributed by atoms with Crippen LogP contribution in [0.1, 0.15) is 16.2 Å². The van der Waals surface area contributed by atoms with E-state index in [2.05, 4.69) is 25.4 Å². The van der Waals surface area contributed by atoms with Crippen LogP contribution in [0.2, 0.25) is 0 Å². The number of thiazole rings is 1. The Morgan fingerprint density at radius 1 is 1.28 bits per heavy atom. The van der Waals surface area contributed by atoms with Crippen molar-refractivity contribution in [1.82, 2.24) is 24.7 Å². The van der Waals surface area contributed by atoms with Crippen molar-refractivity contribution in [2.75, 3.05) is 5.32 Å². The maximum atomic E-state index is 13.4. The second-order valence-electron chi connectivity index (χ2n) is 5.24. The van der Waals surface area contributed by atoms with Crippen LogP contribution in [0.4, 0.5) is 10.2 Å². The van der Waals surface area contributed by atoms with Gasteiger partial charge in [-0.3, -0.25) is 9.78 Å². The number of amides is 1. The standard InChI is InChI=1S/C16H11FN6OS/c1-9-6-14(21-15(24)12-8-18-4-5-19-12)23(22-9)16-20-11-3-2-10(17)7-13(11)25-16/h2-8H,1H3,(H,21,24). The Labute approximate surface area is 145 Å².